The molecule has 4 rings (SSSR count). The van der Waals surface area contributed by atoms with Gasteiger partial charge in [-0.25, -0.2) is 8.91 Å². The number of nitrogens with two attached hydrogens (primary N) is 1. The van der Waals surface area contributed by atoms with Gasteiger partial charge in [0.25, 0.3) is 11.8 Å². The van der Waals surface area contributed by atoms with Crippen LogP contribution in [0.1, 0.15) is 20.8 Å². The number of carbonyl (C=O) groups excluding carboxylic acids is 2. The Kier molecular flexibility index (Phi) is 4.97. The topological polar surface area (TPSA) is 83.9 Å². The average Bonchev–Trinajstić information content (AvgIpc) is 3.05. The summed E-state index contributed by atoms with van der Waals surface area (Å²) in [6.07, 6.45) is 0. The van der Waals surface area contributed by atoms with Gasteiger partial charge in [-0.15, -0.1) is 0 Å². The lowest BCUT2D eigenvalue weighted by molar-refractivity contribution is 0.0659. The lowest BCUT2D eigenvalue weighted by atomic mass is 10.1. The maximum absolute atomic E-state index is 14.4. The minimum absolute atomic E-state index is 0.00499. The summed E-state index contributed by atoms with van der Waals surface area (Å²) in [5.74, 6) is -1.59. The predicted octanol–water partition coefficient (Wildman–Crippen LogP) is 2.28. The summed E-state index contributed by atoms with van der Waals surface area (Å²) in [6, 6.07) is 9.12. The molecule has 1 aliphatic heterocycles. The number of carbonyl (C=O) groups is 2. The monoisotopic (exact) mass is 415 g/mol. The number of piperazine rings is 1. The zero-order valence-corrected chi connectivity index (χ0v) is 16.5. The van der Waals surface area contributed by atoms with E-state index in [0.29, 0.717) is 34.9 Å². The molecule has 0 radical (unpaired) electrons. The molecule has 29 heavy (non-hydrogen) atoms. The Hall–Kier alpha value is -2.97. The number of halogens is 2. The van der Waals surface area contributed by atoms with Crippen LogP contribution >= 0.6 is 11.6 Å². The largest absolute Gasteiger partial charge is 0.364 e. The van der Waals surface area contributed by atoms with Crippen LogP contribution in [-0.2, 0) is 0 Å². The highest BCUT2D eigenvalue weighted by atomic mass is 35.5. The maximum atomic E-state index is 14.4. The summed E-state index contributed by atoms with van der Waals surface area (Å²) < 4.78 is 15.8. The van der Waals surface area contributed by atoms with Crippen molar-refractivity contribution in [3.8, 4) is 11.3 Å². The van der Waals surface area contributed by atoms with Crippen molar-refractivity contribution in [1.29, 1.82) is 0 Å². The van der Waals surface area contributed by atoms with Crippen LogP contribution in [0.3, 0.4) is 0 Å². The summed E-state index contributed by atoms with van der Waals surface area (Å²) in [5.41, 5.74) is 7.07. The average molecular weight is 416 g/mol. The van der Waals surface area contributed by atoms with Gasteiger partial charge in [-0.3, -0.25) is 9.59 Å². The Balaban J connectivity index is 1.73. The number of likely N-dealkylation sites (N-methyl/N-ethyl adjacent to an activating group) is 1. The quantitative estimate of drug-likeness (QED) is 0.711. The smallest absolute Gasteiger partial charge is 0.267 e. The molecule has 2 N–H and O–H groups in total. The van der Waals surface area contributed by atoms with Gasteiger partial charge in [-0.1, -0.05) is 11.6 Å². The molecular weight excluding hydrogens is 397 g/mol. The first kappa shape index (κ1) is 19.4. The molecule has 0 spiro atoms. The van der Waals surface area contributed by atoms with E-state index in [2.05, 4.69) is 10.00 Å². The lowest BCUT2D eigenvalue weighted by Crippen LogP contribution is -2.47. The van der Waals surface area contributed by atoms with Crippen molar-refractivity contribution in [2.75, 3.05) is 33.2 Å². The molecule has 1 aromatic carbocycles. The molecule has 1 saturated heterocycles. The van der Waals surface area contributed by atoms with E-state index in [9.17, 15) is 14.0 Å². The minimum atomic E-state index is -0.665. The van der Waals surface area contributed by atoms with Gasteiger partial charge >= 0.3 is 0 Å². The van der Waals surface area contributed by atoms with Gasteiger partial charge in [0.15, 0.2) is 0 Å². The first-order chi connectivity index (χ1) is 13.8. The number of primary amides is 1. The van der Waals surface area contributed by atoms with E-state index in [4.69, 9.17) is 17.3 Å². The van der Waals surface area contributed by atoms with E-state index in [1.165, 1.54) is 22.7 Å². The van der Waals surface area contributed by atoms with Crippen molar-refractivity contribution < 1.29 is 14.0 Å². The van der Waals surface area contributed by atoms with Crippen LogP contribution in [0.15, 0.2) is 36.4 Å². The van der Waals surface area contributed by atoms with Crippen molar-refractivity contribution in [2.24, 2.45) is 5.73 Å². The molecule has 1 aliphatic rings. The molecule has 9 heteroatoms. The summed E-state index contributed by atoms with van der Waals surface area (Å²) in [6.45, 7) is 2.59. The highest BCUT2D eigenvalue weighted by molar-refractivity contribution is 6.34. The number of fused-ring (bicyclic) bond motifs is 1. The van der Waals surface area contributed by atoms with Crippen molar-refractivity contribution in [2.45, 2.75) is 0 Å². The Morgan fingerprint density at radius 1 is 1.10 bits per heavy atom. The van der Waals surface area contributed by atoms with Crippen molar-refractivity contribution in [3.05, 3.63) is 58.5 Å². The molecule has 0 saturated carbocycles. The fourth-order valence-corrected chi connectivity index (χ4v) is 3.65. The van der Waals surface area contributed by atoms with Gasteiger partial charge in [0, 0.05) is 31.7 Å². The van der Waals surface area contributed by atoms with Crippen LogP contribution in [0.5, 0.6) is 0 Å². The number of rotatable bonds is 3. The first-order valence-electron chi connectivity index (χ1n) is 9.11. The number of aromatic nitrogens is 2. The normalized spacial score (nSPS) is 15.1. The van der Waals surface area contributed by atoms with Gasteiger partial charge in [-0.2, -0.15) is 5.10 Å². The van der Waals surface area contributed by atoms with Crippen molar-refractivity contribution >= 4 is 28.9 Å². The summed E-state index contributed by atoms with van der Waals surface area (Å²) >= 11 is 6.13. The molecular formula is C20H19ClFN5O2. The molecule has 0 aliphatic carbocycles. The molecule has 2 amide bonds. The Labute approximate surface area is 171 Å². The van der Waals surface area contributed by atoms with Crippen LogP contribution in [0.25, 0.3) is 16.8 Å². The number of benzene rings is 1. The molecule has 1 fully saturated rings. The molecule has 0 atom stereocenters. The fraction of sp³-hybridized carbons (Fsp3) is 0.250. The van der Waals surface area contributed by atoms with Crippen LogP contribution in [0.2, 0.25) is 5.02 Å². The van der Waals surface area contributed by atoms with E-state index < -0.39 is 11.7 Å². The van der Waals surface area contributed by atoms with Crippen molar-refractivity contribution in [1.82, 2.24) is 19.4 Å². The maximum Gasteiger partial charge on any atom is 0.267 e. The second-order valence-electron chi connectivity index (χ2n) is 7.05. The van der Waals surface area contributed by atoms with E-state index in [-0.39, 0.29) is 17.2 Å². The van der Waals surface area contributed by atoms with E-state index in [1.54, 1.807) is 23.1 Å². The molecule has 2 aromatic heterocycles. The van der Waals surface area contributed by atoms with Gasteiger partial charge in [0.2, 0.25) is 0 Å². The van der Waals surface area contributed by atoms with Crippen molar-refractivity contribution in [3.63, 3.8) is 0 Å². The number of nitrogens with zero attached hydrogens (tertiary/aromatic N) is 4. The summed E-state index contributed by atoms with van der Waals surface area (Å²) in [4.78, 5) is 28.3. The fourth-order valence-electron chi connectivity index (χ4n) is 3.40. The van der Waals surface area contributed by atoms with Crippen LogP contribution in [-0.4, -0.2) is 64.5 Å². The van der Waals surface area contributed by atoms with E-state index in [0.717, 1.165) is 13.1 Å². The van der Waals surface area contributed by atoms with Gasteiger partial charge in [0.1, 0.15) is 11.5 Å². The third-order valence-electron chi connectivity index (χ3n) is 5.11. The molecule has 7 nitrogen and oxygen atoms in total. The third kappa shape index (κ3) is 3.56. The second-order valence-corrected chi connectivity index (χ2v) is 7.45. The highest BCUT2D eigenvalue weighted by Gasteiger charge is 2.23. The van der Waals surface area contributed by atoms with Crippen LogP contribution < -0.4 is 5.73 Å². The molecule has 0 bridgehead atoms. The Morgan fingerprint density at radius 3 is 2.52 bits per heavy atom. The highest BCUT2D eigenvalue weighted by Crippen LogP contribution is 2.26. The zero-order chi connectivity index (χ0) is 20.7. The number of hydrogen-bond acceptors (Lipinski definition) is 4. The van der Waals surface area contributed by atoms with Gasteiger partial charge in [-0.05, 0) is 43.4 Å². The van der Waals surface area contributed by atoms with E-state index >= 15 is 0 Å². The van der Waals surface area contributed by atoms with Gasteiger partial charge in [0.05, 0.1) is 21.8 Å². The summed E-state index contributed by atoms with van der Waals surface area (Å²) in [5, 5.41) is 4.77. The van der Waals surface area contributed by atoms with Crippen LogP contribution in [0, 0.1) is 5.82 Å². The predicted molar refractivity (Wildman–Crippen MR) is 108 cm³/mol. The molecule has 0 unspecified atom stereocenters. The Bertz CT molecular complexity index is 1120. The first-order valence-corrected chi connectivity index (χ1v) is 9.49. The molecule has 150 valence electrons. The minimum Gasteiger partial charge on any atom is -0.364 e. The van der Waals surface area contributed by atoms with Crippen LogP contribution in [0.4, 0.5) is 4.39 Å². The number of hydrogen-bond donors (Lipinski definition) is 1. The summed E-state index contributed by atoms with van der Waals surface area (Å²) in [7, 11) is 1.98. The second kappa shape index (κ2) is 7.46. The third-order valence-corrected chi connectivity index (χ3v) is 5.41. The van der Waals surface area contributed by atoms with Gasteiger partial charge < -0.3 is 15.5 Å². The SMILES string of the molecule is CN1CCN(C(=O)c2cc(-c3ccc4c(Cl)cc(C(N)=O)n4n3)ccc2F)CC1. The lowest BCUT2D eigenvalue weighted by Gasteiger charge is -2.32. The number of amides is 2. The zero-order valence-electron chi connectivity index (χ0n) is 15.7. The molecule has 3 aromatic rings. The standard InChI is InChI=1S/C20H19ClFN5O2/c1-25-6-8-26(9-7-25)20(29)13-10-12(2-3-15(13)22)16-4-5-17-14(21)11-18(19(23)28)27(17)24-16/h2-5,10-11H,6-9H2,1H3,(H2,23,28). The molecule has 3 heterocycles. The van der Waals surface area contributed by atoms with E-state index in [1.807, 2.05) is 7.05 Å². The Morgan fingerprint density at radius 2 is 1.83 bits per heavy atom.